The van der Waals surface area contributed by atoms with E-state index in [1.807, 2.05) is 31.2 Å². The van der Waals surface area contributed by atoms with E-state index in [0.717, 1.165) is 41.0 Å². The topological polar surface area (TPSA) is 57.4 Å². The molecule has 0 saturated carbocycles. The standard InChI is InChI=1S/C21H25N3O2/c1-5-24(6-2)15-7-10-19(14(3)11-15)23-21(25)18-13-22-20-12-16(26-4)8-9-17(18)20/h7-13,22H,5-6H2,1-4H3,(H,23,25). The molecule has 0 aliphatic carbocycles. The molecule has 0 atom stereocenters. The van der Waals surface area contributed by atoms with Gasteiger partial charge in [-0.05, 0) is 56.7 Å². The third-order valence-electron chi connectivity index (χ3n) is 4.72. The van der Waals surface area contributed by atoms with Crippen LogP contribution in [0.3, 0.4) is 0 Å². The Kier molecular flexibility index (Phi) is 5.16. The molecule has 5 heteroatoms. The van der Waals surface area contributed by atoms with Gasteiger partial charge >= 0.3 is 0 Å². The Morgan fingerprint density at radius 2 is 1.92 bits per heavy atom. The van der Waals surface area contributed by atoms with Gasteiger partial charge in [-0.1, -0.05) is 0 Å². The minimum absolute atomic E-state index is 0.125. The van der Waals surface area contributed by atoms with Gasteiger partial charge in [0.2, 0.25) is 0 Å². The van der Waals surface area contributed by atoms with Crippen molar-refractivity contribution in [3.63, 3.8) is 0 Å². The molecule has 0 saturated heterocycles. The highest BCUT2D eigenvalue weighted by Gasteiger charge is 2.14. The first kappa shape index (κ1) is 17.9. The molecule has 5 nitrogen and oxygen atoms in total. The van der Waals surface area contributed by atoms with Gasteiger partial charge in [-0.2, -0.15) is 0 Å². The number of hydrogen-bond donors (Lipinski definition) is 2. The number of aryl methyl sites for hydroxylation is 1. The molecule has 0 radical (unpaired) electrons. The molecule has 0 aliphatic rings. The molecular weight excluding hydrogens is 326 g/mol. The second-order valence-corrected chi connectivity index (χ2v) is 6.24. The number of aromatic nitrogens is 1. The Bertz CT molecular complexity index is 926. The predicted molar refractivity (Wildman–Crippen MR) is 108 cm³/mol. The Labute approximate surface area is 154 Å². The summed E-state index contributed by atoms with van der Waals surface area (Å²) in [6.45, 7) is 8.21. The Morgan fingerprint density at radius 3 is 2.58 bits per heavy atom. The summed E-state index contributed by atoms with van der Waals surface area (Å²) in [5.74, 6) is 0.634. The first-order chi connectivity index (χ1) is 12.6. The van der Waals surface area contributed by atoms with E-state index in [1.165, 1.54) is 5.69 Å². The van der Waals surface area contributed by atoms with Crippen LogP contribution in [0.15, 0.2) is 42.6 Å². The maximum atomic E-state index is 12.8. The van der Waals surface area contributed by atoms with Gasteiger partial charge in [-0.25, -0.2) is 0 Å². The lowest BCUT2D eigenvalue weighted by atomic mass is 10.1. The SMILES string of the molecule is CCN(CC)c1ccc(NC(=O)c2c[nH]c3cc(OC)ccc23)c(C)c1. The number of ether oxygens (including phenoxy) is 1. The second-order valence-electron chi connectivity index (χ2n) is 6.24. The maximum absolute atomic E-state index is 12.8. The number of nitrogens with one attached hydrogen (secondary N) is 2. The van der Waals surface area contributed by atoms with E-state index in [9.17, 15) is 4.79 Å². The number of hydrogen-bond acceptors (Lipinski definition) is 3. The summed E-state index contributed by atoms with van der Waals surface area (Å²) in [7, 11) is 1.63. The van der Waals surface area contributed by atoms with Crippen LogP contribution in [0.4, 0.5) is 11.4 Å². The Hall–Kier alpha value is -2.95. The number of nitrogens with zero attached hydrogens (tertiary/aromatic N) is 1. The molecule has 0 fully saturated rings. The Morgan fingerprint density at radius 1 is 1.15 bits per heavy atom. The van der Waals surface area contributed by atoms with Crippen LogP contribution >= 0.6 is 0 Å². The summed E-state index contributed by atoms with van der Waals surface area (Å²) in [6, 6.07) is 11.8. The fraction of sp³-hybridized carbons (Fsp3) is 0.286. The lowest BCUT2D eigenvalue weighted by Crippen LogP contribution is -2.22. The van der Waals surface area contributed by atoms with Crippen LogP contribution in [-0.2, 0) is 0 Å². The predicted octanol–water partition coefficient (Wildman–Crippen LogP) is 4.58. The third-order valence-corrected chi connectivity index (χ3v) is 4.72. The molecule has 3 rings (SSSR count). The summed E-state index contributed by atoms with van der Waals surface area (Å²) in [5.41, 5.74) is 4.54. The van der Waals surface area contributed by atoms with E-state index in [0.29, 0.717) is 5.56 Å². The Balaban J connectivity index is 1.84. The molecule has 136 valence electrons. The zero-order valence-electron chi connectivity index (χ0n) is 15.7. The molecule has 2 aromatic carbocycles. The summed E-state index contributed by atoms with van der Waals surface area (Å²) in [4.78, 5) is 18.2. The monoisotopic (exact) mass is 351 g/mol. The van der Waals surface area contributed by atoms with Crippen molar-refractivity contribution in [2.24, 2.45) is 0 Å². The quantitative estimate of drug-likeness (QED) is 0.683. The minimum atomic E-state index is -0.125. The maximum Gasteiger partial charge on any atom is 0.257 e. The van der Waals surface area contributed by atoms with E-state index in [2.05, 4.69) is 41.2 Å². The molecule has 1 amide bonds. The number of amides is 1. The molecule has 0 aliphatic heterocycles. The molecule has 3 aromatic rings. The zero-order chi connectivity index (χ0) is 18.7. The van der Waals surface area contributed by atoms with Crippen molar-refractivity contribution in [1.82, 2.24) is 4.98 Å². The van der Waals surface area contributed by atoms with Crippen molar-refractivity contribution in [3.05, 3.63) is 53.7 Å². The van der Waals surface area contributed by atoms with Gasteiger partial charge in [0, 0.05) is 47.6 Å². The first-order valence-corrected chi connectivity index (χ1v) is 8.89. The molecule has 0 bridgehead atoms. The number of anilines is 2. The number of H-pyrrole nitrogens is 1. The summed E-state index contributed by atoms with van der Waals surface area (Å²) >= 11 is 0. The fourth-order valence-electron chi connectivity index (χ4n) is 3.18. The van der Waals surface area contributed by atoms with Crippen molar-refractivity contribution in [3.8, 4) is 5.75 Å². The van der Waals surface area contributed by atoms with E-state index in [1.54, 1.807) is 13.3 Å². The van der Waals surface area contributed by atoms with Crippen LogP contribution in [0.25, 0.3) is 10.9 Å². The van der Waals surface area contributed by atoms with Crippen LogP contribution < -0.4 is 15.0 Å². The minimum Gasteiger partial charge on any atom is -0.497 e. The average molecular weight is 351 g/mol. The van der Waals surface area contributed by atoms with Crippen LogP contribution in [0.1, 0.15) is 29.8 Å². The van der Waals surface area contributed by atoms with Crippen molar-refractivity contribution in [1.29, 1.82) is 0 Å². The van der Waals surface area contributed by atoms with E-state index in [-0.39, 0.29) is 5.91 Å². The zero-order valence-corrected chi connectivity index (χ0v) is 15.7. The van der Waals surface area contributed by atoms with Crippen molar-refractivity contribution in [2.75, 3.05) is 30.4 Å². The second kappa shape index (κ2) is 7.52. The van der Waals surface area contributed by atoms with E-state index >= 15 is 0 Å². The highest BCUT2D eigenvalue weighted by Crippen LogP contribution is 2.26. The number of fused-ring (bicyclic) bond motifs is 1. The van der Waals surface area contributed by atoms with Gasteiger partial charge in [-0.3, -0.25) is 4.79 Å². The number of benzene rings is 2. The summed E-state index contributed by atoms with van der Waals surface area (Å²) in [6.07, 6.45) is 1.74. The third kappa shape index (κ3) is 3.38. The summed E-state index contributed by atoms with van der Waals surface area (Å²) < 4.78 is 5.23. The molecule has 1 heterocycles. The van der Waals surface area contributed by atoms with E-state index in [4.69, 9.17) is 4.74 Å². The first-order valence-electron chi connectivity index (χ1n) is 8.89. The van der Waals surface area contributed by atoms with Gasteiger partial charge in [0.05, 0.1) is 12.7 Å². The van der Waals surface area contributed by atoms with Crippen molar-refractivity contribution >= 4 is 28.2 Å². The van der Waals surface area contributed by atoms with Gasteiger partial charge in [0.25, 0.3) is 5.91 Å². The molecule has 1 aromatic heterocycles. The fourth-order valence-corrected chi connectivity index (χ4v) is 3.18. The van der Waals surface area contributed by atoms with E-state index < -0.39 is 0 Å². The van der Waals surface area contributed by atoms with Crippen LogP contribution in [-0.4, -0.2) is 31.1 Å². The number of carbonyl (C=O) groups excluding carboxylic acids is 1. The number of methoxy groups -OCH3 is 1. The van der Waals surface area contributed by atoms with Gasteiger partial charge in [0.15, 0.2) is 0 Å². The number of aromatic amines is 1. The smallest absolute Gasteiger partial charge is 0.257 e. The van der Waals surface area contributed by atoms with Crippen LogP contribution in [0.2, 0.25) is 0 Å². The largest absolute Gasteiger partial charge is 0.497 e. The highest BCUT2D eigenvalue weighted by atomic mass is 16.5. The summed E-state index contributed by atoms with van der Waals surface area (Å²) in [5, 5.41) is 3.90. The average Bonchev–Trinajstić information content (AvgIpc) is 3.08. The highest BCUT2D eigenvalue weighted by molar-refractivity contribution is 6.13. The van der Waals surface area contributed by atoms with Crippen molar-refractivity contribution in [2.45, 2.75) is 20.8 Å². The molecular formula is C21H25N3O2. The van der Waals surface area contributed by atoms with Gasteiger partial charge < -0.3 is 19.9 Å². The van der Waals surface area contributed by atoms with Crippen LogP contribution in [0, 0.1) is 6.92 Å². The molecule has 0 spiro atoms. The van der Waals surface area contributed by atoms with Crippen molar-refractivity contribution < 1.29 is 9.53 Å². The van der Waals surface area contributed by atoms with Gasteiger partial charge in [0.1, 0.15) is 5.75 Å². The molecule has 2 N–H and O–H groups in total. The molecule has 0 unspecified atom stereocenters. The normalized spacial score (nSPS) is 10.8. The van der Waals surface area contributed by atoms with Gasteiger partial charge in [-0.15, -0.1) is 0 Å². The number of carbonyl (C=O) groups is 1. The number of rotatable bonds is 6. The van der Waals surface area contributed by atoms with Crippen LogP contribution in [0.5, 0.6) is 5.75 Å². The lowest BCUT2D eigenvalue weighted by molar-refractivity contribution is 0.102. The molecule has 26 heavy (non-hydrogen) atoms. The lowest BCUT2D eigenvalue weighted by Gasteiger charge is -2.22.